The minimum absolute atomic E-state index is 0.224. The molecule has 0 amide bonds. The second-order valence-electron chi connectivity index (χ2n) is 6.93. The van der Waals surface area contributed by atoms with E-state index in [0.29, 0.717) is 18.8 Å². The molecular weight excluding hydrogens is 352 g/mol. The minimum Gasteiger partial charge on any atom is -0.490 e. The van der Waals surface area contributed by atoms with Gasteiger partial charge in [0.25, 0.3) is 5.92 Å². The number of rotatable bonds is 7. The lowest BCUT2D eigenvalue weighted by Crippen LogP contribution is -2.36. The van der Waals surface area contributed by atoms with E-state index in [-0.39, 0.29) is 6.04 Å². The average Bonchev–Trinajstić information content (AvgIpc) is 2.62. The summed E-state index contributed by atoms with van der Waals surface area (Å²) in [6, 6.07) is -0.224. The van der Waals surface area contributed by atoms with E-state index in [1.807, 2.05) is 30.3 Å². The van der Waals surface area contributed by atoms with E-state index in [4.69, 9.17) is 10.5 Å². The van der Waals surface area contributed by atoms with Gasteiger partial charge in [-0.1, -0.05) is 13.8 Å². The third-order valence-corrected chi connectivity index (χ3v) is 4.55. The number of nitrogens with one attached hydrogen (secondary N) is 2. The van der Waals surface area contributed by atoms with Gasteiger partial charge in [0, 0.05) is 43.7 Å². The SMILES string of the molecule is CNC1=NC=CC(N)/C1=C\NCC1=CC=C(OCC(F)(F)C(C)C)CN1C. The molecule has 6 nitrogen and oxygen atoms in total. The summed E-state index contributed by atoms with van der Waals surface area (Å²) in [7, 11) is 3.69. The monoisotopic (exact) mass is 381 g/mol. The Hall–Kier alpha value is -2.35. The van der Waals surface area contributed by atoms with E-state index in [1.165, 1.54) is 13.8 Å². The molecule has 0 fully saturated rings. The van der Waals surface area contributed by atoms with Crippen molar-refractivity contribution in [3.05, 3.63) is 47.7 Å². The summed E-state index contributed by atoms with van der Waals surface area (Å²) in [4.78, 5) is 6.21. The molecule has 2 heterocycles. The van der Waals surface area contributed by atoms with Crippen LogP contribution in [0.2, 0.25) is 0 Å². The van der Waals surface area contributed by atoms with Gasteiger partial charge in [-0.3, -0.25) is 0 Å². The summed E-state index contributed by atoms with van der Waals surface area (Å²) in [5, 5.41) is 6.26. The Balaban J connectivity index is 1.93. The molecule has 0 spiro atoms. The molecule has 1 atom stereocenters. The number of alkyl halides is 2. The first-order chi connectivity index (χ1) is 12.7. The zero-order chi connectivity index (χ0) is 20.0. The Morgan fingerprint density at radius 3 is 2.81 bits per heavy atom. The van der Waals surface area contributed by atoms with Gasteiger partial charge in [-0.25, -0.2) is 13.8 Å². The molecule has 0 bridgehead atoms. The molecule has 1 unspecified atom stereocenters. The first-order valence-corrected chi connectivity index (χ1v) is 8.97. The third kappa shape index (κ3) is 5.56. The molecule has 2 aliphatic rings. The maximum atomic E-state index is 13.7. The van der Waals surface area contributed by atoms with Gasteiger partial charge in [0.15, 0.2) is 6.61 Å². The largest absolute Gasteiger partial charge is 0.490 e. The van der Waals surface area contributed by atoms with Crippen molar-refractivity contribution < 1.29 is 13.5 Å². The van der Waals surface area contributed by atoms with Crippen LogP contribution in [0.15, 0.2) is 52.6 Å². The van der Waals surface area contributed by atoms with E-state index in [9.17, 15) is 8.78 Å². The topological polar surface area (TPSA) is 74.9 Å². The zero-order valence-electron chi connectivity index (χ0n) is 16.3. The highest BCUT2D eigenvalue weighted by Gasteiger charge is 2.34. The molecule has 8 heteroatoms. The van der Waals surface area contributed by atoms with Gasteiger partial charge in [0.05, 0.1) is 19.1 Å². The van der Waals surface area contributed by atoms with Gasteiger partial charge in [-0.15, -0.1) is 0 Å². The highest BCUT2D eigenvalue weighted by Crippen LogP contribution is 2.25. The van der Waals surface area contributed by atoms with Crippen molar-refractivity contribution in [1.29, 1.82) is 0 Å². The predicted molar refractivity (Wildman–Crippen MR) is 104 cm³/mol. The van der Waals surface area contributed by atoms with E-state index >= 15 is 0 Å². The van der Waals surface area contributed by atoms with Crippen LogP contribution in [0.4, 0.5) is 8.78 Å². The van der Waals surface area contributed by atoms with Crippen LogP contribution in [0.25, 0.3) is 0 Å². The Morgan fingerprint density at radius 2 is 2.19 bits per heavy atom. The van der Waals surface area contributed by atoms with Crippen molar-refractivity contribution in [1.82, 2.24) is 15.5 Å². The smallest absolute Gasteiger partial charge is 0.283 e. The fourth-order valence-electron chi connectivity index (χ4n) is 2.53. The molecule has 0 aromatic heterocycles. The summed E-state index contributed by atoms with van der Waals surface area (Å²) in [6.07, 6.45) is 8.96. The Morgan fingerprint density at radius 1 is 1.44 bits per heavy atom. The van der Waals surface area contributed by atoms with Crippen LogP contribution < -0.4 is 16.4 Å². The Kier molecular flexibility index (Phi) is 7.01. The van der Waals surface area contributed by atoms with Crippen molar-refractivity contribution in [3.63, 3.8) is 0 Å². The number of nitrogens with two attached hydrogens (primary N) is 1. The number of halogens is 2. The Labute approximate surface area is 159 Å². The number of nitrogens with zero attached hydrogens (tertiary/aromatic N) is 2. The lowest BCUT2D eigenvalue weighted by Gasteiger charge is -2.29. The molecule has 0 aromatic carbocycles. The fourth-order valence-corrected chi connectivity index (χ4v) is 2.53. The van der Waals surface area contributed by atoms with Gasteiger partial charge in [-0.2, -0.15) is 0 Å². The number of amidine groups is 1. The van der Waals surface area contributed by atoms with Gasteiger partial charge < -0.3 is 26.0 Å². The molecule has 2 aliphatic heterocycles. The van der Waals surface area contributed by atoms with Gasteiger partial charge in [0.2, 0.25) is 0 Å². The first kappa shape index (κ1) is 21.0. The highest BCUT2D eigenvalue weighted by molar-refractivity contribution is 6.00. The van der Waals surface area contributed by atoms with Gasteiger partial charge in [-0.05, 0) is 18.2 Å². The lowest BCUT2D eigenvalue weighted by atomic mass is 10.1. The average molecular weight is 381 g/mol. The minimum atomic E-state index is -2.84. The first-order valence-electron chi connectivity index (χ1n) is 8.97. The molecular formula is C19H29F2N5O. The predicted octanol–water partition coefficient (Wildman–Crippen LogP) is 1.95. The number of hydrogen-bond acceptors (Lipinski definition) is 6. The van der Waals surface area contributed by atoms with Crippen LogP contribution in [0.3, 0.4) is 0 Å². The van der Waals surface area contributed by atoms with Crippen LogP contribution in [-0.4, -0.2) is 56.5 Å². The van der Waals surface area contributed by atoms with E-state index in [0.717, 1.165) is 17.1 Å². The second kappa shape index (κ2) is 9.03. The molecule has 4 N–H and O–H groups in total. The summed E-state index contributed by atoms with van der Waals surface area (Å²) >= 11 is 0. The summed E-state index contributed by atoms with van der Waals surface area (Å²) in [5.74, 6) is -2.33. The molecule has 0 saturated carbocycles. The van der Waals surface area contributed by atoms with Crippen LogP contribution in [-0.2, 0) is 4.74 Å². The van der Waals surface area contributed by atoms with E-state index in [1.54, 1.807) is 19.3 Å². The molecule has 0 aliphatic carbocycles. The number of aliphatic imine (C=N–C) groups is 1. The maximum Gasteiger partial charge on any atom is 0.283 e. The van der Waals surface area contributed by atoms with Gasteiger partial charge in [0.1, 0.15) is 11.6 Å². The Bertz CT molecular complexity index is 680. The summed E-state index contributed by atoms with van der Waals surface area (Å²) in [5.41, 5.74) is 7.95. The zero-order valence-corrected chi connectivity index (χ0v) is 16.3. The third-order valence-electron chi connectivity index (χ3n) is 4.55. The van der Waals surface area contributed by atoms with Crippen LogP contribution in [0.5, 0.6) is 0 Å². The standard InChI is InChI=1S/C19H29F2N5O/c1-13(2)19(20,21)12-27-15-6-5-14(26(4)11-15)9-24-10-16-17(22)7-8-25-18(16)23-3/h5-8,10,13,17,24H,9,11-12,22H2,1-4H3,(H,23,25)/b16-10+. The molecule has 2 rings (SSSR count). The molecule has 0 radical (unpaired) electrons. The van der Waals surface area contributed by atoms with Crippen molar-refractivity contribution in [3.8, 4) is 0 Å². The molecule has 150 valence electrons. The molecule has 0 aromatic rings. The van der Waals surface area contributed by atoms with E-state index < -0.39 is 18.4 Å². The summed E-state index contributed by atoms with van der Waals surface area (Å²) in [6.45, 7) is 3.39. The van der Waals surface area contributed by atoms with Gasteiger partial charge >= 0.3 is 0 Å². The molecule has 27 heavy (non-hydrogen) atoms. The number of ether oxygens (including phenoxy) is 1. The van der Waals surface area contributed by atoms with E-state index in [2.05, 4.69) is 15.6 Å². The normalized spacial score (nSPS) is 21.8. The van der Waals surface area contributed by atoms with Crippen molar-refractivity contribution >= 4 is 5.84 Å². The maximum absolute atomic E-state index is 13.7. The summed E-state index contributed by atoms with van der Waals surface area (Å²) < 4.78 is 32.7. The quantitative estimate of drug-likeness (QED) is 0.629. The fraction of sp³-hybridized carbons (Fsp3) is 0.526. The van der Waals surface area contributed by atoms with Crippen molar-refractivity contribution in [2.24, 2.45) is 16.6 Å². The van der Waals surface area contributed by atoms with Crippen LogP contribution in [0.1, 0.15) is 13.8 Å². The van der Waals surface area contributed by atoms with Crippen molar-refractivity contribution in [2.75, 3.05) is 33.8 Å². The van der Waals surface area contributed by atoms with Crippen LogP contribution >= 0.6 is 0 Å². The van der Waals surface area contributed by atoms with Crippen molar-refractivity contribution in [2.45, 2.75) is 25.8 Å². The molecule has 0 saturated heterocycles. The number of allylic oxidation sites excluding steroid dienone is 2. The second-order valence-corrected chi connectivity index (χ2v) is 6.93. The highest BCUT2D eigenvalue weighted by atomic mass is 19.3. The van der Waals surface area contributed by atoms with Crippen LogP contribution in [0, 0.1) is 5.92 Å². The number of hydrogen-bond donors (Lipinski definition) is 3. The lowest BCUT2D eigenvalue weighted by molar-refractivity contribution is -0.0958. The number of likely N-dealkylation sites (N-methyl/N-ethyl adjacent to an activating group) is 2.